The number of rotatable bonds is 8. The fourth-order valence-corrected chi connectivity index (χ4v) is 1.30. The zero-order valence-corrected chi connectivity index (χ0v) is 13.2. The van der Waals surface area contributed by atoms with Gasteiger partial charge in [0.15, 0.2) is 6.07 Å². The van der Waals surface area contributed by atoms with E-state index >= 15 is 0 Å². The number of hydrogen-bond donors (Lipinski definition) is 0. The number of carbonyl (C=O) groups is 3. The third-order valence-electron chi connectivity index (χ3n) is 1.92. The maximum Gasteiger partial charge on any atom is 0.509 e. The smallest absolute Gasteiger partial charge is 0.462 e. The molecule has 0 aliphatic heterocycles. The van der Waals surface area contributed by atoms with E-state index in [9.17, 15) is 14.4 Å². The molecule has 0 aliphatic rings. The second-order valence-corrected chi connectivity index (χ2v) is 5.23. The SMILES string of the molecule is CC(C)(C)OC(=O)CCCC(=O)OCCOC(=O)OCCl. The van der Waals surface area contributed by atoms with Crippen molar-refractivity contribution in [3.63, 3.8) is 0 Å². The molecule has 122 valence electrons. The highest BCUT2D eigenvalue weighted by Crippen LogP contribution is 2.10. The minimum Gasteiger partial charge on any atom is -0.462 e. The van der Waals surface area contributed by atoms with E-state index in [1.807, 2.05) is 0 Å². The van der Waals surface area contributed by atoms with E-state index in [0.717, 1.165) is 0 Å². The van der Waals surface area contributed by atoms with Gasteiger partial charge in [-0.1, -0.05) is 11.6 Å². The highest BCUT2D eigenvalue weighted by Gasteiger charge is 2.16. The van der Waals surface area contributed by atoms with Gasteiger partial charge in [0.2, 0.25) is 0 Å². The number of esters is 2. The normalized spacial score (nSPS) is 10.7. The van der Waals surface area contributed by atoms with Crippen molar-refractivity contribution in [2.24, 2.45) is 0 Å². The molecule has 0 bridgehead atoms. The van der Waals surface area contributed by atoms with Crippen LogP contribution < -0.4 is 0 Å². The summed E-state index contributed by atoms with van der Waals surface area (Å²) < 4.78 is 18.7. The van der Waals surface area contributed by atoms with Gasteiger partial charge in [0.05, 0.1) is 0 Å². The lowest BCUT2D eigenvalue weighted by molar-refractivity contribution is -0.155. The second-order valence-electron chi connectivity index (χ2n) is 5.01. The Morgan fingerprint density at radius 1 is 0.905 bits per heavy atom. The summed E-state index contributed by atoms with van der Waals surface area (Å²) in [6, 6.07) is -0.302. The molecule has 0 rings (SSSR count). The molecule has 0 heterocycles. The standard InChI is InChI=1S/C13H21ClO7/c1-13(2,3)21-11(16)6-4-5-10(15)18-7-8-19-12(17)20-9-14/h4-9H2,1-3H3. The van der Waals surface area contributed by atoms with E-state index < -0.39 is 17.7 Å². The van der Waals surface area contributed by atoms with Gasteiger partial charge in [-0.25, -0.2) is 4.79 Å². The maximum absolute atomic E-state index is 11.4. The predicted molar refractivity (Wildman–Crippen MR) is 73.8 cm³/mol. The highest BCUT2D eigenvalue weighted by atomic mass is 35.5. The molecular weight excluding hydrogens is 304 g/mol. The van der Waals surface area contributed by atoms with Crippen LogP contribution in [0.25, 0.3) is 0 Å². The molecule has 0 aromatic rings. The number of alkyl halides is 1. The van der Waals surface area contributed by atoms with Crippen LogP contribution in [0.4, 0.5) is 4.79 Å². The van der Waals surface area contributed by atoms with Gasteiger partial charge in [0, 0.05) is 12.8 Å². The first-order valence-corrected chi connectivity index (χ1v) is 7.01. The van der Waals surface area contributed by atoms with Crippen molar-refractivity contribution in [1.82, 2.24) is 0 Å². The van der Waals surface area contributed by atoms with Crippen molar-refractivity contribution in [3.05, 3.63) is 0 Å². The molecule has 7 nitrogen and oxygen atoms in total. The molecule has 8 heteroatoms. The summed E-state index contributed by atoms with van der Waals surface area (Å²) in [5.74, 6) is -0.838. The minimum atomic E-state index is -0.925. The Balaban J connectivity index is 3.59. The van der Waals surface area contributed by atoms with E-state index in [2.05, 4.69) is 9.47 Å². The van der Waals surface area contributed by atoms with E-state index in [1.54, 1.807) is 20.8 Å². The van der Waals surface area contributed by atoms with Crippen LogP contribution in [-0.2, 0) is 28.5 Å². The molecule has 0 saturated carbocycles. The average molecular weight is 325 g/mol. The van der Waals surface area contributed by atoms with Crippen molar-refractivity contribution in [1.29, 1.82) is 0 Å². The molecule has 0 radical (unpaired) electrons. The summed E-state index contributed by atoms with van der Waals surface area (Å²) in [6.07, 6.45) is -0.356. The van der Waals surface area contributed by atoms with Gasteiger partial charge < -0.3 is 18.9 Å². The van der Waals surface area contributed by atoms with E-state index in [4.69, 9.17) is 21.1 Å². The molecule has 0 spiro atoms. The summed E-state index contributed by atoms with van der Waals surface area (Å²) in [5, 5.41) is 0. The second kappa shape index (κ2) is 10.3. The van der Waals surface area contributed by atoms with Gasteiger partial charge in [-0.05, 0) is 27.2 Å². The Hall–Kier alpha value is -1.50. The van der Waals surface area contributed by atoms with Gasteiger partial charge >= 0.3 is 18.1 Å². The molecule has 0 atom stereocenters. The van der Waals surface area contributed by atoms with Crippen LogP contribution in [0.2, 0.25) is 0 Å². The maximum atomic E-state index is 11.4. The Bertz CT molecular complexity index is 349. The monoisotopic (exact) mass is 324 g/mol. The lowest BCUT2D eigenvalue weighted by Crippen LogP contribution is -2.23. The molecule has 0 N–H and O–H groups in total. The minimum absolute atomic E-state index is 0.0807. The highest BCUT2D eigenvalue weighted by molar-refractivity contribution is 6.17. The van der Waals surface area contributed by atoms with Crippen LogP contribution in [0.1, 0.15) is 40.0 Å². The van der Waals surface area contributed by atoms with Crippen LogP contribution in [0.5, 0.6) is 0 Å². The van der Waals surface area contributed by atoms with Gasteiger partial charge in [-0.3, -0.25) is 9.59 Å². The molecule has 0 saturated heterocycles. The number of ether oxygens (including phenoxy) is 4. The average Bonchev–Trinajstić information content (AvgIpc) is 2.32. The Morgan fingerprint density at radius 2 is 1.48 bits per heavy atom. The third kappa shape index (κ3) is 13.2. The lowest BCUT2D eigenvalue weighted by Gasteiger charge is -2.19. The first kappa shape index (κ1) is 19.5. The summed E-state index contributed by atoms with van der Waals surface area (Å²) in [7, 11) is 0. The van der Waals surface area contributed by atoms with Crippen molar-refractivity contribution < 1.29 is 33.3 Å². The molecule has 0 amide bonds. The van der Waals surface area contributed by atoms with E-state index in [0.29, 0.717) is 6.42 Å². The number of hydrogen-bond acceptors (Lipinski definition) is 7. The molecule has 0 aliphatic carbocycles. The molecule has 0 unspecified atom stereocenters. The van der Waals surface area contributed by atoms with E-state index in [-0.39, 0.29) is 38.1 Å². The zero-order chi connectivity index (χ0) is 16.3. The van der Waals surface area contributed by atoms with Crippen molar-refractivity contribution >= 4 is 29.7 Å². The molecule has 0 aromatic heterocycles. The molecule has 0 fully saturated rings. The summed E-state index contributed by atoms with van der Waals surface area (Å²) in [5.41, 5.74) is -0.535. The van der Waals surface area contributed by atoms with Gasteiger partial charge in [-0.2, -0.15) is 0 Å². The van der Waals surface area contributed by atoms with Gasteiger partial charge in [0.1, 0.15) is 18.8 Å². The Labute approximate surface area is 128 Å². The summed E-state index contributed by atoms with van der Waals surface area (Å²) >= 11 is 5.14. The fourth-order valence-electron chi connectivity index (χ4n) is 1.21. The number of halogens is 1. The zero-order valence-electron chi connectivity index (χ0n) is 12.5. The van der Waals surface area contributed by atoms with E-state index in [1.165, 1.54) is 0 Å². The van der Waals surface area contributed by atoms with Gasteiger partial charge in [-0.15, -0.1) is 0 Å². The quantitative estimate of drug-likeness (QED) is 0.293. The Morgan fingerprint density at radius 3 is 2.05 bits per heavy atom. The fraction of sp³-hybridized carbons (Fsp3) is 0.769. The van der Waals surface area contributed by atoms with Crippen LogP contribution in [-0.4, -0.2) is 43.0 Å². The lowest BCUT2D eigenvalue weighted by atomic mass is 10.2. The molecule has 0 aromatic carbocycles. The largest absolute Gasteiger partial charge is 0.509 e. The first-order valence-electron chi connectivity index (χ1n) is 6.47. The topological polar surface area (TPSA) is 88.1 Å². The van der Waals surface area contributed by atoms with Crippen molar-refractivity contribution in [2.75, 3.05) is 19.3 Å². The van der Waals surface area contributed by atoms with Crippen molar-refractivity contribution in [3.8, 4) is 0 Å². The summed E-state index contributed by atoms with van der Waals surface area (Å²) in [4.78, 5) is 33.4. The third-order valence-corrected chi connectivity index (χ3v) is 2.03. The van der Waals surface area contributed by atoms with Crippen LogP contribution in [0, 0.1) is 0 Å². The van der Waals surface area contributed by atoms with Crippen LogP contribution in [0.3, 0.4) is 0 Å². The summed E-state index contributed by atoms with van der Waals surface area (Å²) in [6.45, 7) is 5.12. The predicted octanol–water partition coefficient (Wildman–Crippen LogP) is 2.39. The first-order chi connectivity index (χ1) is 9.74. The van der Waals surface area contributed by atoms with Crippen LogP contribution in [0.15, 0.2) is 0 Å². The van der Waals surface area contributed by atoms with Gasteiger partial charge in [0.25, 0.3) is 0 Å². The Kier molecular flexibility index (Phi) is 9.53. The van der Waals surface area contributed by atoms with Crippen LogP contribution >= 0.6 is 11.6 Å². The molecule has 21 heavy (non-hydrogen) atoms. The number of carbonyl (C=O) groups excluding carboxylic acids is 3. The molecular formula is C13H21ClO7. The van der Waals surface area contributed by atoms with Crippen molar-refractivity contribution in [2.45, 2.75) is 45.6 Å².